The fourth-order valence-electron chi connectivity index (χ4n) is 2.83. The highest BCUT2D eigenvalue weighted by Crippen LogP contribution is 2.23. The lowest BCUT2D eigenvalue weighted by molar-refractivity contribution is 0.0940. The Morgan fingerprint density at radius 2 is 1.73 bits per heavy atom. The van der Waals surface area contributed by atoms with Crippen LogP contribution in [-0.2, 0) is 12.0 Å². The molecule has 2 aromatic carbocycles. The summed E-state index contributed by atoms with van der Waals surface area (Å²) in [4.78, 5) is 25.0. The van der Waals surface area contributed by atoms with Gasteiger partial charge in [-0.15, -0.1) is 0 Å². The Balaban J connectivity index is 1.94. The van der Waals surface area contributed by atoms with Gasteiger partial charge in [0.25, 0.3) is 5.91 Å². The lowest BCUT2D eigenvalue weighted by atomic mass is 9.92. The van der Waals surface area contributed by atoms with Gasteiger partial charge in [-0.25, -0.2) is 14.2 Å². The van der Waals surface area contributed by atoms with Crippen LogP contribution in [0.25, 0.3) is 0 Å². The average Bonchev–Trinajstić information content (AvgIpc) is 3.12. The van der Waals surface area contributed by atoms with E-state index in [0.717, 1.165) is 10.6 Å². The van der Waals surface area contributed by atoms with E-state index in [1.807, 2.05) is 20.8 Å². The Labute approximate surface area is 174 Å². The van der Waals surface area contributed by atoms with Gasteiger partial charge in [-0.3, -0.25) is 14.9 Å². The van der Waals surface area contributed by atoms with Crippen molar-refractivity contribution in [1.82, 2.24) is 15.2 Å². The number of carbonyl (C=O) groups excluding carboxylic acids is 2. The molecule has 30 heavy (non-hydrogen) atoms. The van der Waals surface area contributed by atoms with E-state index in [1.54, 1.807) is 48.5 Å². The maximum atomic E-state index is 13.2. The van der Waals surface area contributed by atoms with Crippen LogP contribution in [0.3, 0.4) is 0 Å². The summed E-state index contributed by atoms with van der Waals surface area (Å²) in [6.07, 6.45) is 0. The minimum absolute atomic E-state index is 0.256. The molecule has 3 amide bonds. The zero-order valence-electron chi connectivity index (χ0n) is 17.1. The van der Waals surface area contributed by atoms with E-state index in [0.29, 0.717) is 11.4 Å². The van der Waals surface area contributed by atoms with Crippen LogP contribution in [0.15, 0.2) is 60.7 Å². The molecule has 0 aliphatic rings. The minimum Gasteiger partial charge on any atom is -0.350 e. The molecule has 0 radical (unpaired) electrons. The van der Waals surface area contributed by atoms with Gasteiger partial charge in [0.2, 0.25) is 0 Å². The number of halogens is 1. The summed E-state index contributed by atoms with van der Waals surface area (Å²) in [5, 5.41) is 5.55. The SMILES string of the molecule is CC(C)(C)c1cc(C(=O)NN(C(N)=O)c2ccccc2)n(Cc2ccc(F)cc2)n1. The van der Waals surface area contributed by atoms with Crippen molar-refractivity contribution in [1.29, 1.82) is 0 Å². The minimum atomic E-state index is -0.824. The van der Waals surface area contributed by atoms with Gasteiger partial charge in [0.05, 0.1) is 17.9 Å². The highest BCUT2D eigenvalue weighted by molar-refractivity contribution is 5.99. The van der Waals surface area contributed by atoms with E-state index in [4.69, 9.17) is 5.73 Å². The summed E-state index contributed by atoms with van der Waals surface area (Å²) in [5.74, 6) is -0.879. The highest BCUT2D eigenvalue weighted by Gasteiger charge is 2.25. The molecule has 0 aliphatic carbocycles. The lowest BCUT2D eigenvalue weighted by Crippen LogP contribution is -2.49. The van der Waals surface area contributed by atoms with Gasteiger partial charge in [-0.2, -0.15) is 5.10 Å². The standard InChI is InChI=1S/C22H24FN5O2/c1-22(2,3)19-13-18(27(25-19)14-15-9-11-16(23)12-10-15)20(29)26-28(21(24)30)17-7-5-4-6-8-17/h4-13H,14H2,1-3H3,(H2,24,30)(H,26,29). The molecule has 1 heterocycles. The van der Waals surface area contributed by atoms with Crippen molar-refractivity contribution >= 4 is 17.6 Å². The number of hydrogen-bond acceptors (Lipinski definition) is 3. The quantitative estimate of drug-likeness (QED) is 0.645. The number of nitrogens with zero attached hydrogens (tertiary/aromatic N) is 3. The number of primary amides is 1. The summed E-state index contributed by atoms with van der Waals surface area (Å²) < 4.78 is 14.8. The fourth-order valence-corrected chi connectivity index (χ4v) is 2.83. The number of nitrogens with two attached hydrogens (primary N) is 1. The second kappa shape index (κ2) is 8.36. The van der Waals surface area contributed by atoms with Crippen LogP contribution in [0.1, 0.15) is 42.5 Å². The number of aromatic nitrogens is 2. The zero-order chi connectivity index (χ0) is 21.9. The smallest absolute Gasteiger partial charge is 0.338 e. The van der Waals surface area contributed by atoms with E-state index in [2.05, 4.69) is 10.5 Å². The van der Waals surface area contributed by atoms with Gasteiger partial charge in [0, 0.05) is 5.41 Å². The molecule has 0 bridgehead atoms. The van der Waals surface area contributed by atoms with Gasteiger partial charge in [0.1, 0.15) is 11.5 Å². The number of amides is 3. The second-order valence-electron chi connectivity index (χ2n) is 7.90. The normalized spacial score (nSPS) is 11.2. The molecular formula is C22H24FN5O2. The van der Waals surface area contributed by atoms with Crippen LogP contribution in [0, 0.1) is 5.82 Å². The van der Waals surface area contributed by atoms with Crippen LogP contribution in [0.2, 0.25) is 0 Å². The molecule has 156 valence electrons. The molecule has 0 atom stereocenters. The first-order valence-electron chi connectivity index (χ1n) is 9.43. The molecule has 1 aromatic heterocycles. The zero-order valence-corrected chi connectivity index (χ0v) is 17.1. The van der Waals surface area contributed by atoms with Crippen molar-refractivity contribution in [3.63, 3.8) is 0 Å². The van der Waals surface area contributed by atoms with Crippen molar-refractivity contribution in [2.75, 3.05) is 5.01 Å². The number of para-hydroxylation sites is 1. The van der Waals surface area contributed by atoms with Crippen molar-refractivity contribution in [3.8, 4) is 0 Å². The number of hydrazine groups is 1. The highest BCUT2D eigenvalue weighted by atomic mass is 19.1. The number of hydrogen-bond donors (Lipinski definition) is 2. The third-order valence-electron chi connectivity index (χ3n) is 4.47. The van der Waals surface area contributed by atoms with E-state index >= 15 is 0 Å². The molecular weight excluding hydrogens is 385 g/mol. The molecule has 8 heteroatoms. The van der Waals surface area contributed by atoms with Gasteiger partial charge in [0.15, 0.2) is 0 Å². The third kappa shape index (κ3) is 4.83. The van der Waals surface area contributed by atoms with Crippen LogP contribution in [0.4, 0.5) is 14.9 Å². The van der Waals surface area contributed by atoms with Crippen molar-refractivity contribution in [2.24, 2.45) is 5.73 Å². The Bertz CT molecular complexity index is 1040. The number of urea groups is 1. The number of carbonyl (C=O) groups is 2. The molecule has 0 saturated carbocycles. The summed E-state index contributed by atoms with van der Waals surface area (Å²) >= 11 is 0. The summed E-state index contributed by atoms with van der Waals surface area (Å²) in [6, 6.07) is 15.4. The van der Waals surface area contributed by atoms with Gasteiger partial charge in [-0.05, 0) is 35.9 Å². The second-order valence-corrected chi connectivity index (χ2v) is 7.90. The molecule has 3 aromatic rings. The van der Waals surface area contributed by atoms with Gasteiger partial charge >= 0.3 is 6.03 Å². The summed E-state index contributed by atoms with van der Waals surface area (Å²) in [5.41, 5.74) is 9.88. The van der Waals surface area contributed by atoms with Crippen molar-refractivity contribution in [3.05, 3.63) is 83.4 Å². The summed E-state index contributed by atoms with van der Waals surface area (Å²) in [6.45, 7) is 6.22. The maximum absolute atomic E-state index is 13.2. The fraction of sp³-hybridized carbons (Fsp3) is 0.227. The largest absolute Gasteiger partial charge is 0.350 e. The lowest BCUT2D eigenvalue weighted by Gasteiger charge is -2.21. The number of rotatable bonds is 4. The number of benzene rings is 2. The van der Waals surface area contributed by atoms with E-state index < -0.39 is 11.9 Å². The molecule has 3 N–H and O–H groups in total. The average molecular weight is 409 g/mol. The molecule has 3 rings (SSSR count). The van der Waals surface area contributed by atoms with E-state index in [-0.39, 0.29) is 23.5 Å². The Hall–Kier alpha value is -3.68. The van der Waals surface area contributed by atoms with Crippen LogP contribution >= 0.6 is 0 Å². The van der Waals surface area contributed by atoms with Crippen molar-refractivity contribution in [2.45, 2.75) is 32.7 Å². The Morgan fingerprint density at radius 1 is 1.10 bits per heavy atom. The predicted octanol–water partition coefficient (Wildman–Crippen LogP) is 3.60. The van der Waals surface area contributed by atoms with Crippen LogP contribution in [0.5, 0.6) is 0 Å². The molecule has 0 fully saturated rings. The van der Waals surface area contributed by atoms with Crippen LogP contribution in [-0.4, -0.2) is 21.7 Å². The maximum Gasteiger partial charge on any atom is 0.338 e. The van der Waals surface area contributed by atoms with E-state index in [1.165, 1.54) is 16.8 Å². The third-order valence-corrected chi connectivity index (χ3v) is 4.47. The number of nitrogens with one attached hydrogen (secondary N) is 1. The predicted molar refractivity (Wildman–Crippen MR) is 112 cm³/mol. The topological polar surface area (TPSA) is 93.3 Å². The molecule has 0 saturated heterocycles. The Kier molecular flexibility index (Phi) is 5.86. The summed E-state index contributed by atoms with van der Waals surface area (Å²) in [7, 11) is 0. The molecule has 0 aliphatic heterocycles. The van der Waals surface area contributed by atoms with Gasteiger partial charge in [-0.1, -0.05) is 51.1 Å². The van der Waals surface area contributed by atoms with Crippen molar-refractivity contribution < 1.29 is 14.0 Å². The molecule has 0 spiro atoms. The molecule has 0 unspecified atom stereocenters. The monoisotopic (exact) mass is 409 g/mol. The van der Waals surface area contributed by atoms with Crippen LogP contribution < -0.4 is 16.2 Å². The Morgan fingerprint density at radius 3 is 2.30 bits per heavy atom. The first-order valence-corrected chi connectivity index (χ1v) is 9.43. The van der Waals surface area contributed by atoms with E-state index in [9.17, 15) is 14.0 Å². The van der Waals surface area contributed by atoms with Gasteiger partial charge < -0.3 is 5.73 Å². The first kappa shape index (κ1) is 21.0. The first-order chi connectivity index (χ1) is 14.1. The molecule has 7 nitrogen and oxygen atoms in total. The number of anilines is 1.